The van der Waals surface area contributed by atoms with E-state index in [0.29, 0.717) is 18.8 Å². The molecule has 0 aliphatic carbocycles. The van der Waals surface area contributed by atoms with Crippen LogP contribution < -0.4 is 10.1 Å². The number of aryl methyl sites for hydroxylation is 1. The second-order valence-corrected chi connectivity index (χ2v) is 3.81. The predicted molar refractivity (Wildman–Crippen MR) is 51.7 cm³/mol. The van der Waals surface area contributed by atoms with E-state index in [9.17, 15) is 4.79 Å². The van der Waals surface area contributed by atoms with Crippen molar-refractivity contribution >= 4 is 5.97 Å². The van der Waals surface area contributed by atoms with Crippen LogP contribution in [0.1, 0.15) is 6.42 Å². The van der Waals surface area contributed by atoms with E-state index >= 15 is 0 Å². The smallest absolute Gasteiger partial charge is 0.307 e. The molecule has 6 heteroatoms. The zero-order valence-corrected chi connectivity index (χ0v) is 8.43. The number of nitrogens with one attached hydrogen (secondary N) is 1. The highest BCUT2D eigenvalue weighted by molar-refractivity contribution is 5.68. The van der Waals surface area contributed by atoms with E-state index in [1.807, 2.05) is 0 Å². The number of hydrogen-bond donors (Lipinski definition) is 2. The lowest BCUT2D eigenvalue weighted by atomic mass is 9.93. The second kappa shape index (κ2) is 3.54. The minimum Gasteiger partial charge on any atom is -0.481 e. The molecule has 15 heavy (non-hydrogen) atoms. The van der Waals surface area contributed by atoms with Gasteiger partial charge in [0.05, 0.1) is 18.8 Å². The van der Waals surface area contributed by atoms with Crippen molar-refractivity contribution in [2.75, 3.05) is 13.1 Å². The molecular weight excluding hydrogens is 198 g/mol. The van der Waals surface area contributed by atoms with Gasteiger partial charge in [0.15, 0.2) is 5.75 Å². The maximum absolute atomic E-state index is 10.7. The third-order valence-corrected chi connectivity index (χ3v) is 2.38. The van der Waals surface area contributed by atoms with Crippen LogP contribution in [0, 0.1) is 0 Å². The van der Waals surface area contributed by atoms with Crippen molar-refractivity contribution in [3.8, 4) is 5.75 Å². The minimum absolute atomic E-state index is 0.00882. The normalized spacial score (nSPS) is 18.2. The Morgan fingerprint density at radius 1 is 1.80 bits per heavy atom. The fourth-order valence-corrected chi connectivity index (χ4v) is 1.61. The van der Waals surface area contributed by atoms with Crippen molar-refractivity contribution in [1.29, 1.82) is 0 Å². The number of carboxylic acids is 1. The molecule has 0 bridgehead atoms. The lowest BCUT2D eigenvalue weighted by molar-refractivity contribution is -0.143. The van der Waals surface area contributed by atoms with Gasteiger partial charge in [-0.25, -0.2) is 0 Å². The molecule has 1 aromatic rings. The fraction of sp³-hybridized carbons (Fsp3) is 0.556. The van der Waals surface area contributed by atoms with Crippen LogP contribution >= 0.6 is 0 Å². The Balaban J connectivity index is 2.04. The van der Waals surface area contributed by atoms with Crippen LogP contribution in [-0.4, -0.2) is 39.5 Å². The molecular formula is C9H13N3O3. The quantitative estimate of drug-likeness (QED) is 0.709. The Bertz CT molecular complexity index is 370. The summed E-state index contributed by atoms with van der Waals surface area (Å²) >= 11 is 0. The van der Waals surface area contributed by atoms with E-state index in [-0.39, 0.29) is 6.42 Å². The standard InChI is InChI=1S/C9H13N3O3/c1-12-4-7(3-11-12)15-9(2-8(13)14)5-10-6-9/h3-4,10H,2,5-6H2,1H3,(H,13,14). The Morgan fingerprint density at radius 3 is 2.93 bits per heavy atom. The topological polar surface area (TPSA) is 76.4 Å². The highest BCUT2D eigenvalue weighted by atomic mass is 16.5. The Hall–Kier alpha value is -1.56. The first-order valence-corrected chi connectivity index (χ1v) is 4.70. The van der Waals surface area contributed by atoms with E-state index in [1.165, 1.54) is 0 Å². The molecule has 0 radical (unpaired) electrons. The number of carboxylic acid groups (broad SMARTS) is 1. The molecule has 2 rings (SSSR count). The van der Waals surface area contributed by atoms with Gasteiger partial charge in [0.2, 0.25) is 0 Å². The summed E-state index contributed by atoms with van der Waals surface area (Å²) in [6.07, 6.45) is 3.32. The third-order valence-electron chi connectivity index (χ3n) is 2.38. The van der Waals surface area contributed by atoms with Crippen LogP contribution in [0.5, 0.6) is 5.75 Å². The molecule has 0 aromatic carbocycles. The van der Waals surface area contributed by atoms with Gasteiger partial charge in [0, 0.05) is 20.1 Å². The molecule has 0 spiro atoms. The Labute approximate surface area is 86.8 Å². The first kappa shape index (κ1) is 9.97. The first-order chi connectivity index (χ1) is 7.10. The molecule has 1 saturated heterocycles. The maximum Gasteiger partial charge on any atom is 0.307 e. The van der Waals surface area contributed by atoms with Crippen molar-refractivity contribution in [3.63, 3.8) is 0 Å². The molecule has 2 N–H and O–H groups in total. The molecule has 2 heterocycles. The second-order valence-electron chi connectivity index (χ2n) is 3.81. The van der Waals surface area contributed by atoms with E-state index < -0.39 is 11.6 Å². The molecule has 6 nitrogen and oxygen atoms in total. The van der Waals surface area contributed by atoms with E-state index in [0.717, 1.165) is 0 Å². The number of aliphatic carboxylic acids is 1. The number of aromatic nitrogens is 2. The average molecular weight is 211 g/mol. The minimum atomic E-state index is -0.847. The summed E-state index contributed by atoms with van der Waals surface area (Å²) in [6.45, 7) is 1.13. The summed E-state index contributed by atoms with van der Waals surface area (Å²) < 4.78 is 7.26. The highest BCUT2D eigenvalue weighted by Gasteiger charge is 2.41. The first-order valence-electron chi connectivity index (χ1n) is 4.70. The molecule has 0 atom stereocenters. The Kier molecular flexibility index (Phi) is 2.36. The number of carbonyl (C=O) groups is 1. The lowest BCUT2D eigenvalue weighted by Crippen LogP contribution is -2.63. The van der Waals surface area contributed by atoms with Crippen molar-refractivity contribution in [2.24, 2.45) is 7.05 Å². The summed E-state index contributed by atoms with van der Waals surface area (Å²) in [4.78, 5) is 10.7. The maximum atomic E-state index is 10.7. The van der Waals surface area contributed by atoms with Crippen LogP contribution in [0.4, 0.5) is 0 Å². The fourth-order valence-electron chi connectivity index (χ4n) is 1.61. The molecule has 1 aliphatic rings. The van der Waals surface area contributed by atoms with Gasteiger partial charge in [-0.15, -0.1) is 0 Å². The molecule has 82 valence electrons. The van der Waals surface area contributed by atoms with Crippen LogP contribution in [0.25, 0.3) is 0 Å². The SMILES string of the molecule is Cn1cc(OC2(CC(=O)O)CNC2)cn1. The van der Waals surface area contributed by atoms with Crippen molar-refractivity contribution in [1.82, 2.24) is 15.1 Å². The summed E-state index contributed by atoms with van der Waals surface area (Å²) in [7, 11) is 1.79. The van der Waals surface area contributed by atoms with E-state index in [4.69, 9.17) is 9.84 Å². The average Bonchev–Trinajstić information content (AvgIpc) is 2.46. The number of ether oxygens (including phenoxy) is 1. The van der Waals surface area contributed by atoms with Gasteiger partial charge >= 0.3 is 5.97 Å². The van der Waals surface area contributed by atoms with Gasteiger partial charge in [-0.1, -0.05) is 0 Å². The van der Waals surface area contributed by atoms with Gasteiger partial charge in [-0.05, 0) is 0 Å². The van der Waals surface area contributed by atoms with Gasteiger partial charge in [-0.3, -0.25) is 9.48 Å². The van der Waals surface area contributed by atoms with Crippen LogP contribution in [0.2, 0.25) is 0 Å². The zero-order valence-electron chi connectivity index (χ0n) is 8.43. The van der Waals surface area contributed by atoms with Crippen LogP contribution in [0.3, 0.4) is 0 Å². The van der Waals surface area contributed by atoms with Crippen molar-refractivity contribution < 1.29 is 14.6 Å². The highest BCUT2D eigenvalue weighted by Crippen LogP contribution is 2.24. The predicted octanol–water partition coefficient (Wildman–Crippen LogP) is -0.384. The van der Waals surface area contributed by atoms with Crippen LogP contribution in [-0.2, 0) is 11.8 Å². The van der Waals surface area contributed by atoms with E-state index in [1.54, 1.807) is 24.1 Å². The van der Waals surface area contributed by atoms with Gasteiger partial charge in [0.25, 0.3) is 0 Å². The summed E-state index contributed by atoms with van der Waals surface area (Å²) in [5.74, 6) is -0.236. The Morgan fingerprint density at radius 2 is 2.53 bits per heavy atom. The van der Waals surface area contributed by atoms with Crippen molar-refractivity contribution in [3.05, 3.63) is 12.4 Å². The molecule has 1 aromatic heterocycles. The summed E-state index contributed by atoms with van der Waals surface area (Å²) in [5, 5.41) is 15.7. The van der Waals surface area contributed by atoms with Gasteiger partial charge < -0.3 is 15.2 Å². The summed E-state index contributed by atoms with van der Waals surface area (Å²) in [6, 6.07) is 0. The number of rotatable bonds is 4. The zero-order chi connectivity index (χ0) is 10.9. The van der Waals surface area contributed by atoms with Crippen LogP contribution in [0.15, 0.2) is 12.4 Å². The van der Waals surface area contributed by atoms with Crippen molar-refractivity contribution in [2.45, 2.75) is 12.0 Å². The monoisotopic (exact) mass is 211 g/mol. The number of hydrogen-bond acceptors (Lipinski definition) is 4. The molecule has 0 amide bonds. The van der Waals surface area contributed by atoms with Gasteiger partial charge in [0.1, 0.15) is 5.60 Å². The molecule has 1 fully saturated rings. The lowest BCUT2D eigenvalue weighted by Gasteiger charge is -2.41. The third kappa shape index (κ3) is 2.10. The molecule has 1 aliphatic heterocycles. The molecule has 0 saturated carbocycles. The van der Waals surface area contributed by atoms with Gasteiger partial charge in [-0.2, -0.15) is 5.10 Å². The number of nitrogens with zero attached hydrogens (tertiary/aromatic N) is 2. The molecule has 0 unspecified atom stereocenters. The van der Waals surface area contributed by atoms with E-state index in [2.05, 4.69) is 10.4 Å². The summed E-state index contributed by atoms with van der Waals surface area (Å²) in [5.41, 5.74) is -0.602. The largest absolute Gasteiger partial charge is 0.481 e.